The number of ether oxygens (including phenoxy) is 2. The van der Waals surface area contributed by atoms with Gasteiger partial charge in [-0.05, 0) is 6.42 Å². The smallest absolute Gasteiger partial charge is 0.304 e. The number of methoxy groups -OCH3 is 1. The molecule has 0 bridgehead atoms. The lowest BCUT2D eigenvalue weighted by atomic mass is 10.4. The van der Waals surface area contributed by atoms with E-state index in [2.05, 4.69) is 5.32 Å². The van der Waals surface area contributed by atoms with E-state index >= 15 is 0 Å². The van der Waals surface area contributed by atoms with Gasteiger partial charge >= 0.3 is 5.97 Å². The van der Waals surface area contributed by atoms with Crippen molar-refractivity contribution >= 4 is 5.97 Å². The number of rotatable bonds is 10. The number of carboxylic acids is 1. The molecule has 0 atom stereocenters. The third kappa shape index (κ3) is 11.4. The first kappa shape index (κ1) is 13.4. The quantitative estimate of drug-likeness (QED) is 0.495. The van der Waals surface area contributed by atoms with Crippen LogP contribution >= 0.6 is 0 Å². The van der Waals surface area contributed by atoms with E-state index < -0.39 is 5.97 Å². The lowest BCUT2D eigenvalue weighted by molar-refractivity contribution is -0.136. The van der Waals surface area contributed by atoms with Gasteiger partial charge in [0.2, 0.25) is 0 Å². The normalized spacial score (nSPS) is 10.4. The Morgan fingerprint density at radius 2 is 2.07 bits per heavy atom. The SMILES string of the molecule is COCCCOCCNCCC(=O)O. The van der Waals surface area contributed by atoms with Gasteiger partial charge in [-0.15, -0.1) is 0 Å². The first-order valence-electron chi connectivity index (χ1n) is 4.76. The van der Waals surface area contributed by atoms with Gasteiger partial charge < -0.3 is 19.9 Å². The van der Waals surface area contributed by atoms with E-state index in [9.17, 15) is 4.79 Å². The van der Waals surface area contributed by atoms with Crippen molar-refractivity contribution in [3.8, 4) is 0 Å². The molecule has 5 heteroatoms. The summed E-state index contributed by atoms with van der Waals surface area (Å²) in [4.78, 5) is 10.1. The lowest BCUT2D eigenvalue weighted by Crippen LogP contribution is -2.22. The van der Waals surface area contributed by atoms with Gasteiger partial charge in [-0.3, -0.25) is 4.79 Å². The van der Waals surface area contributed by atoms with Crippen LogP contribution in [0.2, 0.25) is 0 Å². The summed E-state index contributed by atoms with van der Waals surface area (Å²) in [5.41, 5.74) is 0. The van der Waals surface area contributed by atoms with E-state index in [1.54, 1.807) is 7.11 Å². The second-order valence-corrected chi connectivity index (χ2v) is 2.85. The fourth-order valence-electron chi connectivity index (χ4n) is 0.872. The summed E-state index contributed by atoms with van der Waals surface area (Å²) in [7, 11) is 1.66. The van der Waals surface area contributed by atoms with Crippen LogP contribution in [-0.2, 0) is 14.3 Å². The van der Waals surface area contributed by atoms with E-state index in [1.165, 1.54) is 0 Å². The summed E-state index contributed by atoms with van der Waals surface area (Å²) in [6.45, 7) is 3.21. The minimum absolute atomic E-state index is 0.156. The van der Waals surface area contributed by atoms with Crippen molar-refractivity contribution in [2.45, 2.75) is 12.8 Å². The van der Waals surface area contributed by atoms with E-state index in [0.29, 0.717) is 32.9 Å². The predicted molar refractivity (Wildman–Crippen MR) is 52.4 cm³/mol. The second kappa shape index (κ2) is 10.4. The number of hydrogen-bond donors (Lipinski definition) is 2. The molecule has 0 saturated heterocycles. The van der Waals surface area contributed by atoms with Crippen LogP contribution < -0.4 is 5.32 Å². The third-order valence-electron chi connectivity index (χ3n) is 1.58. The average Bonchev–Trinajstić information content (AvgIpc) is 2.15. The Balaban J connectivity index is 2.88. The summed E-state index contributed by atoms with van der Waals surface area (Å²) in [6, 6.07) is 0. The Kier molecular flexibility index (Phi) is 9.95. The van der Waals surface area contributed by atoms with Crippen LogP contribution in [0.5, 0.6) is 0 Å². The number of carboxylic acid groups (broad SMARTS) is 1. The molecule has 2 N–H and O–H groups in total. The highest BCUT2D eigenvalue weighted by Crippen LogP contribution is 1.82. The van der Waals surface area contributed by atoms with E-state index in [4.69, 9.17) is 14.6 Å². The molecule has 0 aromatic rings. The maximum absolute atomic E-state index is 10.1. The van der Waals surface area contributed by atoms with Crippen LogP contribution in [0.1, 0.15) is 12.8 Å². The van der Waals surface area contributed by atoms with Gasteiger partial charge in [0.1, 0.15) is 0 Å². The van der Waals surface area contributed by atoms with Gasteiger partial charge in [0.05, 0.1) is 13.0 Å². The molecular weight excluding hydrogens is 186 g/mol. The largest absolute Gasteiger partial charge is 0.481 e. The van der Waals surface area contributed by atoms with Crippen molar-refractivity contribution in [2.24, 2.45) is 0 Å². The maximum atomic E-state index is 10.1. The summed E-state index contributed by atoms with van der Waals surface area (Å²) in [5.74, 6) is -0.779. The zero-order chi connectivity index (χ0) is 10.6. The highest BCUT2D eigenvalue weighted by molar-refractivity contribution is 5.66. The molecule has 5 nitrogen and oxygen atoms in total. The van der Waals surface area contributed by atoms with Crippen molar-refractivity contribution in [1.82, 2.24) is 5.32 Å². The minimum atomic E-state index is -0.779. The zero-order valence-corrected chi connectivity index (χ0v) is 8.62. The van der Waals surface area contributed by atoms with E-state index in [0.717, 1.165) is 6.42 Å². The van der Waals surface area contributed by atoms with Crippen LogP contribution in [0, 0.1) is 0 Å². The van der Waals surface area contributed by atoms with Crippen LogP contribution in [0.15, 0.2) is 0 Å². The Morgan fingerprint density at radius 3 is 2.71 bits per heavy atom. The Hall–Kier alpha value is -0.650. The molecule has 0 radical (unpaired) electrons. The minimum Gasteiger partial charge on any atom is -0.481 e. The number of hydrogen-bond acceptors (Lipinski definition) is 4. The van der Waals surface area contributed by atoms with Gasteiger partial charge in [0, 0.05) is 33.4 Å². The molecular formula is C9H19NO4. The standard InChI is InChI=1S/C9H19NO4/c1-13-6-2-7-14-8-5-10-4-3-9(11)12/h10H,2-8H2,1H3,(H,11,12). The fraction of sp³-hybridized carbons (Fsp3) is 0.889. The molecule has 0 heterocycles. The molecule has 0 aliphatic carbocycles. The van der Waals surface area contributed by atoms with Crippen molar-refractivity contribution in [3.63, 3.8) is 0 Å². The summed E-state index contributed by atoms with van der Waals surface area (Å²) >= 11 is 0. The summed E-state index contributed by atoms with van der Waals surface area (Å²) in [6.07, 6.45) is 1.05. The van der Waals surface area contributed by atoms with Crippen LogP contribution in [0.4, 0.5) is 0 Å². The van der Waals surface area contributed by atoms with Crippen molar-refractivity contribution in [2.75, 3.05) is 40.0 Å². The lowest BCUT2D eigenvalue weighted by Gasteiger charge is -2.04. The van der Waals surface area contributed by atoms with Gasteiger partial charge in [-0.2, -0.15) is 0 Å². The summed E-state index contributed by atoms with van der Waals surface area (Å²) in [5, 5.41) is 11.3. The number of aliphatic carboxylic acids is 1. The molecule has 0 fully saturated rings. The molecule has 14 heavy (non-hydrogen) atoms. The highest BCUT2D eigenvalue weighted by atomic mass is 16.5. The number of carbonyl (C=O) groups is 1. The molecule has 0 aromatic carbocycles. The molecule has 0 saturated carbocycles. The Bertz CT molecular complexity index is 141. The Labute approximate surface area is 84.4 Å². The molecule has 0 rings (SSSR count). The monoisotopic (exact) mass is 205 g/mol. The topological polar surface area (TPSA) is 67.8 Å². The van der Waals surface area contributed by atoms with Crippen LogP contribution in [0.25, 0.3) is 0 Å². The summed E-state index contributed by atoms with van der Waals surface area (Å²) < 4.78 is 10.1. The molecule has 84 valence electrons. The number of nitrogens with one attached hydrogen (secondary N) is 1. The first-order chi connectivity index (χ1) is 6.77. The van der Waals surface area contributed by atoms with Gasteiger partial charge in [-0.1, -0.05) is 0 Å². The van der Waals surface area contributed by atoms with Crippen molar-refractivity contribution in [3.05, 3.63) is 0 Å². The molecule has 0 spiro atoms. The van der Waals surface area contributed by atoms with Gasteiger partial charge in [-0.25, -0.2) is 0 Å². The molecule has 0 aliphatic rings. The third-order valence-corrected chi connectivity index (χ3v) is 1.58. The van der Waals surface area contributed by atoms with E-state index in [-0.39, 0.29) is 6.42 Å². The van der Waals surface area contributed by atoms with Crippen molar-refractivity contribution in [1.29, 1.82) is 0 Å². The van der Waals surface area contributed by atoms with Crippen LogP contribution in [-0.4, -0.2) is 51.1 Å². The maximum Gasteiger partial charge on any atom is 0.304 e. The zero-order valence-electron chi connectivity index (χ0n) is 8.62. The second-order valence-electron chi connectivity index (χ2n) is 2.85. The molecule has 0 aliphatic heterocycles. The van der Waals surface area contributed by atoms with Crippen molar-refractivity contribution < 1.29 is 19.4 Å². The van der Waals surface area contributed by atoms with Crippen LogP contribution in [0.3, 0.4) is 0 Å². The van der Waals surface area contributed by atoms with Gasteiger partial charge in [0.25, 0.3) is 0 Å². The molecule has 0 amide bonds. The highest BCUT2D eigenvalue weighted by Gasteiger charge is 1.94. The Morgan fingerprint density at radius 1 is 1.29 bits per heavy atom. The predicted octanol–water partition coefficient (Wildman–Crippen LogP) is 0.104. The average molecular weight is 205 g/mol. The fourth-order valence-corrected chi connectivity index (χ4v) is 0.872. The van der Waals surface area contributed by atoms with Gasteiger partial charge in [0.15, 0.2) is 0 Å². The molecule has 0 unspecified atom stereocenters. The van der Waals surface area contributed by atoms with E-state index in [1.807, 2.05) is 0 Å². The molecule has 0 aromatic heterocycles. The first-order valence-corrected chi connectivity index (χ1v) is 4.76.